The van der Waals surface area contributed by atoms with Crippen LogP contribution < -0.4 is 4.90 Å². The molecule has 1 aromatic carbocycles. The third-order valence-electron chi connectivity index (χ3n) is 2.84. The summed E-state index contributed by atoms with van der Waals surface area (Å²) in [6.45, 7) is -0.124. The summed E-state index contributed by atoms with van der Waals surface area (Å²) < 4.78 is 38.7. The molecule has 0 saturated heterocycles. The van der Waals surface area contributed by atoms with Crippen LogP contribution in [0.25, 0.3) is 11.3 Å². The first-order valence-corrected chi connectivity index (χ1v) is 6.15. The zero-order chi connectivity index (χ0) is 15.6. The van der Waals surface area contributed by atoms with Crippen molar-refractivity contribution in [3.8, 4) is 11.3 Å². The van der Waals surface area contributed by atoms with Crippen LogP contribution in [0.2, 0.25) is 0 Å². The summed E-state index contributed by atoms with van der Waals surface area (Å²) in [4.78, 5) is 9.06. The van der Waals surface area contributed by atoms with Gasteiger partial charge in [-0.3, -0.25) is 0 Å². The Hall–Kier alpha value is -2.15. The molecule has 0 amide bonds. The Balaban J connectivity index is 2.53. The van der Waals surface area contributed by atoms with Gasteiger partial charge in [-0.1, -0.05) is 24.3 Å². The highest BCUT2D eigenvalue weighted by Gasteiger charge is 2.34. The lowest BCUT2D eigenvalue weighted by molar-refractivity contribution is -0.141. The lowest BCUT2D eigenvalue weighted by Gasteiger charge is -2.15. The van der Waals surface area contributed by atoms with Crippen molar-refractivity contribution in [3.63, 3.8) is 0 Å². The van der Waals surface area contributed by atoms with Crippen molar-refractivity contribution in [3.05, 3.63) is 41.6 Å². The van der Waals surface area contributed by atoms with Gasteiger partial charge in [-0.2, -0.15) is 13.2 Å². The van der Waals surface area contributed by atoms with Crippen molar-refractivity contribution in [1.29, 1.82) is 0 Å². The Bertz CT molecular complexity index is 624. The SMILES string of the molecule is CN(C)c1nc(-c2ccc(CO)cc2)cc(C(F)(F)F)n1. The number of alkyl halides is 3. The third-order valence-corrected chi connectivity index (χ3v) is 2.84. The van der Waals surface area contributed by atoms with E-state index >= 15 is 0 Å². The molecule has 112 valence electrons. The number of nitrogens with zero attached hydrogens (tertiary/aromatic N) is 3. The number of hydrogen-bond acceptors (Lipinski definition) is 4. The van der Waals surface area contributed by atoms with Gasteiger partial charge in [0.2, 0.25) is 5.95 Å². The zero-order valence-electron chi connectivity index (χ0n) is 11.5. The van der Waals surface area contributed by atoms with Crippen molar-refractivity contribution in [1.82, 2.24) is 9.97 Å². The smallest absolute Gasteiger partial charge is 0.392 e. The maximum atomic E-state index is 12.9. The number of benzene rings is 1. The maximum absolute atomic E-state index is 12.9. The monoisotopic (exact) mass is 297 g/mol. The first kappa shape index (κ1) is 15.2. The number of aliphatic hydroxyl groups is 1. The molecule has 7 heteroatoms. The van der Waals surface area contributed by atoms with Gasteiger partial charge in [0.15, 0.2) is 5.69 Å². The molecule has 1 N–H and O–H groups in total. The van der Waals surface area contributed by atoms with Crippen molar-refractivity contribution >= 4 is 5.95 Å². The van der Waals surface area contributed by atoms with E-state index in [-0.39, 0.29) is 18.2 Å². The van der Waals surface area contributed by atoms with E-state index < -0.39 is 11.9 Å². The number of anilines is 1. The first-order valence-electron chi connectivity index (χ1n) is 6.15. The predicted molar refractivity (Wildman–Crippen MR) is 72.7 cm³/mol. The second-order valence-corrected chi connectivity index (χ2v) is 4.69. The quantitative estimate of drug-likeness (QED) is 0.946. The topological polar surface area (TPSA) is 49.2 Å². The van der Waals surface area contributed by atoms with Crippen molar-refractivity contribution in [2.24, 2.45) is 0 Å². The average Bonchev–Trinajstić information content (AvgIpc) is 2.46. The minimum atomic E-state index is -4.53. The lowest BCUT2D eigenvalue weighted by atomic mass is 10.1. The van der Waals surface area contributed by atoms with Gasteiger partial charge >= 0.3 is 6.18 Å². The fourth-order valence-electron chi connectivity index (χ4n) is 1.71. The van der Waals surface area contributed by atoms with E-state index in [0.29, 0.717) is 11.1 Å². The molecule has 0 aliphatic carbocycles. The van der Waals surface area contributed by atoms with E-state index in [1.807, 2.05) is 0 Å². The zero-order valence-corrected chi connectivity index (χ0v) is 11.5. The predicted octanol–water partition coefficient (Wildman–Crippen LogP) is 2.72. The second-order valence-electron chi connectivity index (χ2n) is 4.69. The minimum absolute atomic E-state index is 0.00828. The lowest BCUT2D eigenvalue weighted by Crippen LogP contribution is -2.17. The Labute approximate surface area is 119 Å². The molecule has 2 aromatic rings. The highest BCUT2D eigenvalue weighted by molar-refractivity contribution is 5.61. The van der Waals surface area contributed by atoms with Gasteiger partial charge < -0.3 is 10.0 Å². The number of hydrogen-bond donors (Lipinski definition) is 1. The molecule has 0 bridgehead atoms. The molecule has 1 heterocycles. The van der Waals surface area contributed by atoms with E-state index in [0.717, 1.165) is 6.07 Å². The van der Waals surface area contributed by atoms with Gasteiger partial charge in [0.05, 0.1) is 12.3 Å². The molecule has 0 radical (unpaired) electrons. The maximum Gasteiger partial charge on any atom is 0.433 e. The van der Waals surface area contributed by atoms with Crippen molar-refractivity contribution in [2.45, 2.75) is 12.8 Å². The summed E-state index contributed by atoms with van der Waals surface area (Å²) in [5, 5.41) is 8.99. The second kappa shape index (κ2) is 5.69. The largest absolute Gasteiger partial charge is 0.433 e. The Morgan fingerprint density at radius 3 is 2.19 bits per heavy atom. The molecule has 2 rings (SSSR count). The Kier molecular flexibility index (Phi) is 4.13. The molecule has 0 aliphatic heterocycles. The van der Waals surface area contributed by atoms with Gasteiger partial charge in [0, 0.05) is 19.7 Å². The van der Waals surface area contributed by atoms with E-state index in [4.69, 9.17) is 5.11 Å². The van der Waals surface area contributed by atoms with Crippen LogP contribution in [0, 0.1) is 0 Å². The molecule has 0 atom stereocenters. The molecule has 0 spiro atoms. The van der Waals surface area contributed by atoms with Crippen LogP contribution in [0.5, 0.6) is 0 Å². The van der Waals surface area contributed by atoms with Crippen molar-refractivity contribution < 1.29 is 18.3 Å². The van der Waals surface area contributed by atoms with E-state index in [2.05, 4.69) is 9.97 Å². The van der Waals surface area contributed by atoms with Gasteiger partial charge in [-0.25, -0.2) is 9.97 Å². The fourth-order valence-corrected chi connectivity index (χ4v) is 1.71. The number of rotatable bonds is 3. The fraction of sp³-hybridized carbons (Fsp3) is 0.286. The summed E-state index contributed by atoms with van der Waals surface area (Å²) >= 11 is 0. The van der Waals surface area contributed by atoms with Crippen LogP contribution in [0.3, 0.4) is 0 Å². The third kappa shape index (κ3) is 3.49. The number of halogens is 3. The summed E-state index contributed by atoms with van der Waals surface area (Å²) in [5.41, 5.74) is 0.410. The molecular formula is C14H14F3N3O. The van der Waals surface area contributed by atoms with Crippen LogP contribution in [-0.2, 0) is 12.8 Å². The molecule has 1 aromatic heterocycles. The minimum Gasteiger partial charge on any atom is -0.392 e. The van der Waals surface area contributed by atoms with Gasteiger partial charge in [0.25, 0.3) is 0 Å². The Morgan fingerprint density at radius 1 is 1.10 bits per heavy atom. The molecule has 0 unspecified atom stereocenters. The molecule has 4 nitrogen and oxygen atoms in total. The van der Waals surface area contributed by atoms with Crippen LogP contribution in [0.15, 0.2) is 30.3 Å². The summed E-state index contributed by atoms with van der Waals surface area (Å²) in [6.07, 6.45) is -4.53. The van der Waals surface area contributed by atoms with E-state index in [1.165, 1.54) is 4.90 Å². The molecule has 0 aliphatic rings. The highest BCUT2D eigenvalue weighted by atomic mass is 19.4. The summed E-state index contributed by atoms with van der Waals surface area (Å²) in [5.74, 6) is -0.00828. The van der Waals surface area contributed by atoms with E-state index in [1.54, 1.807) is 38.4 Å². The first-order chi connectivity index (χ1) is 9.81. The van der Waals surface area contributed by atoms with Gasteiger partial charge in [-0.15, -0.1) is 0 Å². The van der Waals surface area contributed by atoms with Crippen LogP contribution in [-0.4, -0.2) is 29.2 Å². The summed E-state index contributed by atoms with van der Waals surface area (Å²) in [6, 6.07) is 7.43. The standard InChI is InChI=1S/C14H14F3N3O/c1-20(2)13-18-11(7-12(19-13)14(15,16)17)10-5-3-9(8-21)4-6-10/h3-7,21H,8H2,1-2H3. The number of aromatic nitrogens is 2. The number of aliphatic hydroxyl groups excluding tert-OH is 1. The van der Waals surface area contributed by atoms with Gasteiger partial charge in [0.1, 0.15) is 0 Å². The molecule has 0 saturated carbocycles. The highest BCUT2D eigenvalue weighted by Crippen LogP contribution is 2.31. The normalized spacial score (nSPS) is 11.5. The Morgan fingerprint density at radius 2 is 1.71 bits per heavy atom. The van der Waals surface area contributed by atoms with Crippen molar-refractivity contribution in [2.75, 3.05) is 19.0 Å². The van der Waals surface area contributed by atoms with E-state index in [9.17, 15) is 13.2 Å². The average molecular weight is 297 g/mol. The molecular weight excluding hydrogens is 283 g/mol. The molecule has 0 fully saturated rings. The molecule has 21 heavy (non-hydrogen) atoms. The van der Waals surface area contributed by atoms with Crippen LogP contribution >= 0.6 is 0 Å². The van der Waals surface area contributed by atoms with Crippen LogP contribution in [0.4, 0.5) is 19.1 Å². The van der Waals surface area contributed by atoms with Crippen LogP contribution in [0.1, 0.15) is 11.3 Å². The summed E-state index contributed by atoms with van der Waals surface area (Å²) in [7, 11) is 3.16. The van der Waals surface area contributed by atoms with Gasteiger partial charge in [-0.05, 0) is 11.6 Å².